The first-order valence-corrected chi connectivity index (χ1v) is 12.7. The minimum absolute atomic E-state index is 0.0715. The quantitative estimate of drug-likeness (QED) is 0.159. The Morgan fingerprint density at radius 1 is 1.03 bits per heavy atom. The molecule has 1 aromatic carbocycles. The topological polar surface area (TPSA) is 198 Å². The van der Waals surface area contributed by atoms with E-state index in [-0.39, 0.29) is 24.2 Å². The molecule has 0 bridgehead atoms. The van der Waals surface area contributed by atoms with Gasteiger partial charge in [-0.3, -0.25) is 9.59 Å². The molecule has 0 aliphatic carbocycles. The number of aromatic nitrogens is 5. The van der Waals surface area contributed by atoms with Crippen LogP contribution in [0.4, 0.5) is 11.8 Å². The fourth-order valence-corrected chi connectivity index (χ4v) is 3.97. The molecule has 0 saturated carbocycles. The molecule has 0 fully saturated rings. The van der Waals surface area contributed by atoms with Crippen LogP contribution in [0, 0.1) is 0 Å². The normalized spacial score (nSPS) is 11.3. The smallest absolute Gasteiger partial charge is 0.292 e. The van der Waals surface area contributed by atoms with Gasteiger partial charge in [-0.1, -0.05) is 0 Å². The van der Waals surface area contributed by atoms with Gasteiger partial charge in [0, 0.05) is 38.5 Å². The Hall–Kier alpha value is -4.30. The van der Waals surface area contributed by atoms with E-state index in [2.05, 4.69) is 25.6 Å². The highest BCUT2D eigenvalue weighted by atomic mass is 16.5. The molecule has 0 spiro atoms. The summed E-state index contributed by atoms with van der Waals surface area (Å²) < 4.78 is 17.9. The van der Waals surface area contributed by atoms with Crippen LogP contribution < -0.4 is 22.1 Å². The first kappa shape index (κ1) is 27.7. The van der Waals surface area contributed by atoms with Crippen molar-refractivity contribution in [2.24, 2.45) is 0 Å². The number of hydrogen-bond donors (Lipinski definition) is 4. The number of hydrogen-bond acceptors (Lipinski definition) is 11. The minimum atomic E-state index is -0.0890. The number of nitrogens with one attached hydrogen (secondary N) is 2. The van der Waals surface area contributed by atoms with Crippen LogP contribution in [-0.2, 0) is 25.6 Å². The molecule has 0 aliphatic heterocycles. The molecule has 2 amide bonds. The number of nitrogen functional groups attached to an aromatic ring is 2. The Kier molecular flexibility index (Phi) is 9.58. The van der Waals surface area contributed by atoms with Crippen molar-refractivity contribution < 1.29 is 23.5 Å². The Morgan fingerprint density at radius 2 is 1.85 bits per heavy atom. The molecule has 4 aromatic rings. The van der Waals surface area contributed by atoms with Gasteiger partial charge < -0.3 is 36.0 Å². The van der Waals surface area contributed by atoms with Gasteiger partial charge >= 0.3 is 0 Å². The SMILES string of the molecule is CC(=O)NCCOCCOCCC(=O)NCCCCn1nc(-c2ccc3oc(N)nc3c2)c2c(N)ncnc21. The number of carbonyl (C=O) groups is 2. The molecular formula is C25H33N9O5. The van der Waals surface area contributed by atoms with Crippen LogP contribution in [0.1, 0.15) is 26.2 Å². The predicted octanol–water partition coefficient (Wildman–Crippen LogP) is 1.25. The van der Waals surface area contributed by atoms with Crippen molar-refractivity contribution in [3.8, 4) is 11.3 Å². The number of ether oxygens (including phenoxy) is 2. The van der Waals surface area contributed by atoms with E-state index in [4.69, 9.17) is 30.5 Å². The lowest BCUT2D eigenvalue weighted by Gasteiger charge is -2.07. The average molecular weight is 540 g/mol. The van der Waals surface area contributed by atoms with Crippen LogP contribution >= 0.6 is 0 Å². The van der Waals surface area contributed by atoms with Crippen LogP contribution in [0.3, 0.4) is 0 Å². The maximum atomic E-state index is 12.1. The number of nitrogens with two attached hydrogens (primary N) is 2. The highest BCUT2D eigenvalue weighted by Crippen LogP contribution is 2.32. The van der Waals surface area contributed by atoms with Gasteiger partial charge in [-0.15, -0.1) is 0 Å². The number of benzene rings is 1. The molecule has 4 rings (SSSR count). The van der Waals surface area contributed by atoms with Gasteiger partial charge in [-0.05, 0) is 31.0 Å². The Balaban J connectivity index is 1.20. The van der Waals surface area contributed by atoms with E-state index in [1.54, 1.807) is 10.7 Å². The molecule has 14 heteroatoms. The second kappa shape index (κ2) is 13.5. The monoisotopic (exact) mass is 539 g/mol. The number of carbonyl (C=O) groups excluding carboxylic acids is 2. The lowest BCUT2D eigenvalue weighted by atomic mass is 10.1. The summed E-state index contributed by atoms with van der Waals surface area (Å²) in [6.45, 7) is 4.59. The summed E-state index contributed by atoms with van der Waals surface area (Å²) in [5.74, 6) is 0.179. The van der Waals surface area contributed by atoms with E-state index in [9.17, 15) is 9.59 Å². The summed E-state index contributed by atoms with van der Waals surface area (Å²) in [5.41, 5.74) is 15.2. The van der Waals surface area contributed by atoms with Gasteiger partial charge in [0.2, 0.25) is 11.8 Å². The van der Waals surface area contributed by atoms with Crippen molar-refractivity contribution in [2.45, 2.75) is 32.7 Å². The molecule has 0 atom stereocenters. The van der Waals surface area contributed by atoms with Crippen molar-refractivity contribution in [3.05, 3.63) is 24.5 Å². The Labute approximate surface area is 224 Å². The van der Waals surface area contributed by atoms with Crippen LogP contribution in [0.25, 0.3) is 33.4 Å². The number of nitrogens with zero attached hydrogens (tertiary/aromatic N) is 5. The van der Waals surface area contributed by atoms with Crippen molar-refractivity contribution >= 4 is 45.8 Å². The first-order valence-electron chi connectivity index (χ1n) is 12.7. The van der Waals surface area contributed by atoms with Crippen LogP contribution in [0.15, 0.2) is 28.9 Å². The summed E-state index contributed by atoms with van der Waals surface area (Å²) in [4.78, 5) is 35.5. The Bertz CT molecular complexity index is 1420. The summed E-state index contributed by atoms with van der Waals surface area (Å²) in [5, 5.41) is 11.0. The van der Waals surface area contributed by atoms with Crippen LogP contribution in [0.5, 0.6) is 0 Å². The van der Waals surface area contributed by atoms with E-state index in [0.717, 1.165) is 18.4 Å². The van der Waals surface area contributed by atoms with Gasteiger partial charge in [0.1, 0.15) is 23.4 Å². The summed E-state index contributed by atoms with van der Waals surface area (Å²) in [6.07, 6.45) is 3.22. The zero-order valence-corrected chi connectivity index (χ0v) is 21.8. The number of anilines is 2. The molecular weight excluding hydrogens is 506 g/mol. The Morgan fingerprint density at radius 3 is 2.67 bits per heavy atom. The first-order chi connectivity index (χ1) is 18.9. The van der Waals surface area contributed by atoms with Gasteiger partial charge in [-0.2, -0.15) is 10.1 Å². The van der Waals surface area contributed by atoms with Crippen molar-refractivity contribution in [2.75, 3.05) is 51.0 Å². The minimum Gasteiger partial charge on any atom is -0.424 e. The predicted molar refractivity (Wildman–Crippen MR) is 144 cm³/mol. The van der Waals surface area contributed by atoms with Crippen molar-refractivity contribution in [1.29, 1.82) is 0 Å². The fraction of sp³-hybridized carbons (Fsp3) is 0.440. The van der Waals surface area contributed by atoms with E-state index in [1.807, 2.05) is 12.1 Å². The van der Waals surface area contributed by atoms with Crippen molar-refractivity contribution in [1.82, 2.24) is 35.4 Å². The lowest BCUT2D eigenvalue weighted by molar-refractivity contribution is -0.122. The molecule has 39 heavy (non-hydrogen) atoms. The zero-order valence-electron chi connectivity index (χ0n) is 21.8. The second-order valence-corrected chi connectivity index (χ2v) is 8.78. The van der Waals surface area contributed by atoms with Crippen LogP contribution in [-0.4, -0.2) is 76.1 Å². The molecule has 0 aliphatic rings. The third-order valence-electron chi connectivity index (χ3n) is 5.82. The van der Waals surface area contributed by atoms with E-state index in [1.165, 1.54) is 13.3 Å². The van der Waals surface area contributed by atoms with Crippen molar-refractivity contribution in [3.63, 3.8) is 0 Å². The highest BCUT2D eigenvalue weighted by Gasteiger charge is 2.18. The third kappa shape index (κ3) is 7.61. The number of oxazole rings is 1. The molecule has 3 aromatic heterocycles. The van der Waals surface area contributed by atoms with Gasteiger partial charge in [0.25, 0.3) is 6.01 Å². The standard InChI is InChI=1S/C25H33N9O5/c1-16(35)28-8-11-38-13-12-37-10-6-20(36)29-7-2-3-9-34-24-21(23(26)30-15-31-24)22(33-34)17-4-5-19-18(14-17)32-25(27)39-19/h4-5,14-15H,2-3,6-13H2,1H3,(H2,27,32)(H,28,35)(H,29,36)(H2,26,30,31). The fourth-order valence-electron chi connectivity index (χ4n) is 3.97. The molecule has 0 radical (unpaired) electrons. The zero-order chi connectivity index (χ0) is 27.6. The second-order valence-electron chi connectivity index (χ2n) is 8.78. The third-order valence-corrected chi connectivity index (χ3v) is 5.82. The van der Waals surface area contributed by atoms with E-state index in [0.29, 0.717) is 79.7 Å². The maximum absolute atomic E-state index is 12.1. The van der Waals surface area contributed by atoms with Gasteiger partial charge in [0.05, 0.1) is 31.8 Å². The molecule has 14 nitrogen and oxygen atoms in total. The largest absolute Gasteiger partial charge is 0.424 e. The molecule has 3 heterocycles. The van der Waals surface area contributed by atoms with Crippen LogP contribution in [0.2, 0.25) is 0 Å². The van der Waals surface area contributed by atoms with Gasteiger partial charge in [-0.25, -0.2) is 14.6 Å². The number of rotatable bonds is 15. The van der Waals surface area contributed by atoms with Gasteiger partial charge in [0.15, 0.2) is 11.2 Å². The lowest BCUT2D eigenvalue weighted by Crippen LogP contribution is -2.26. The number of aryl methyl sites for hydroxylation is 1. The molecule has 0 unspecified atom stereocenters. The molecule has 6 N–H and O–H groups in total. The summed E-state index contributed by atoms with van der Waals surface area (Å²) in [6, 6.07) is 5.60. The number of fused-ring (bicyclic) bond motifs is 2. The van der Waals surface area contributed by atoms with E-state index < -0.39 is 0 Å². The summed E-state index contributed by atoms with van der Waals surface area (Å²) in [7, 11) is 0. The summed E-state index contributed by atoms with van der Waals surface area (Å²) >= 11 is 0. The number of amides is 2. The average Bonchev–Trinajstić information content (AvgIpc) is 3.47. The van der Waals surface area contributed by atoms with E-state index >= 15 is 0 Å². The molecule has 208 valence electrons. The highest BCUT2D eigenvalue weighted by molar-refractivity contribution is 5.99. The molecule has 0 saturated heterocycles. The number of unbranched alkanes of at least 4 members (excludes halogenated alkanes) is 1. The maximum Gasteiger partial charge on any atom is 0.292 e.